The molecule has 2 fully saturated rings. The number of nitro groups is 1. The largest absolute Gasteiger partial charge is 0.469 e. The number of carbonyl (C=O) groups is 1. The Morgan fingerprint density at radius 1 is 1.15 bits per heavy atom. The number of amides is 1. The highest BCUT2D eigenvalue weighted by molar-refractivity contribution is 7.89. The molecule has 2 saturated heterocycles. The van der Waals surface area contributed by atoms with Gasteiger partial charge in [0.25, 0.3) is 5.69 Å². The standard InChI is InChI=1S/C22H28N4O7S/c27-22(23-8-5-18-2-1-13-33-18)17-6-9-24(10-7-17)20-4-3-19(16-21(20)26(28)29)34(30,31)25-11-14-32-15-12-25/h1-4,13,16-17H,5-12,14-15H2,(H,23,27). The second-order valence-corrected chi connectivity index (χ2v) is 10.2. The summed E-state index contributed by atoms with van der Waals surface area (Å²) in [5.74, 6) is 0.599. The van der Waals surface area contributed by atoms with Gasteiger partial charge in [0.05, 0.1) is 29.3 Å². The van der Waals surface area contributed by atoms with Crippen LogP contribution in [0.5, 0.6) is 0 Å². The van der Waals surface area contributed by atoms with E-state index in [1.807, 2.05) is 11.0 Å². The molecule has 4 rings (SSSR count). The van der Waals surface area contributed by atoms with Crippen molar-refractivity contribution in [3.8, 4) is 0 Å². The lowest BCUT2D eigenvalue weighted by molar-refractivity contribution is -0.384. The predicted molar refractivity (Wildman–Crippen MR) is 123 cm³/mol. The summed E-state index contributed by atoms with van der Waals surface area (Å²) in [5.41, 5.74) is 0.110. The van der Waals surface area contributed by atoms with Crippen molar-refractivity contribution in [2.45, 2.75) is 24.2 Å². The van der Waals surface area contributed by atoms with Gasteiger partial charge in [0.15, 0.2) is 0 Å². The van der Waals surface area contributed by atoms with Crippen LogP contribution in [-0.4, -0.2) is 69.5 Å². The second-order valence-electron chi connectivity index (χ2n) is 8.31. The van der Waals surface area contributed by atoms with Crippen molar-refractivity contribution in [3.05, 3.63) is 52.5 Å². The Balaban J connectivity index is 1.39. The van der Waals surface area contributed by atoms with Crippen LogP contribution >= 0.6 is 0 Å². The molecule has 0 atom stereocenters. The molecule has 12 heteroatoms. The maximum atomic E-state index is 12.9. The van der Waals surface area contributed by atoms with Crippen LogP contribution in [0.1, 0.15) is 18.6 Å². The number of benzene rings is 1. The number of piperidine rings is 1. The third-order valence-electron chi connectivity index (χ3n) is 6.21. The summed E-state index contributed by atoms with van der Waals surface area (Å²) in [5, 5.41) is 14.7. The van der Waals surface area contributed by atoms with Crippen molar-refractivity contribution >= 4 is 27.3 Å². The number of sulfonamides is 1. The van der Waals surface area contributed by atoms with Gasteiger partial charge in [-0.1, -0.05) is 0 Å². The summed E-state index contributed by atoms with van der Waals surface area (Å²) in [6.45, 7) is 2.44. The highest BCUT2D eigenvalue weighted by Crippen LogP contribution is 2.34. The molecule has 0 bridgehead atoms. The normalized spacial score (nSPS) is 18.1. The van der Waals surface area contributed by atoms with Crippen LogP contribution in [0.4, 0.5) is 11.4 Å². The molecule has 0 unspecified atom stereocenters. The molecule has 1 aromatic heterocycles. The van der Waals surface area contributed by atoms with E-state index in [0.717, 1.165) is 11.8 Å². The number of furan rings is 1. The summed E-state index contributed by atoms with van der Waals surface area (Å²) in [6, 6.07) is 7.70. The topological polar surface area (TPSA) is 135 Å². The lowest BCUT2D eigenvalue weighted by Gasteiger charge is -2.33. The first-order valence-electron chi connectivity index (χ1n) is 11.3. The molecular formula is C22H28N4O7S. The summed E-state index contributed by atoms with van der Waals surface area (Å²) in [6.07, 6.45) is 3.31. The fourth-order valence-corrected chi connectivity index (χ4v) is 5.73. The van der Waals surface area contributed by atoms with Crippen LogP contribution < -0.4 is 10.2 Å². The number of nitrogens with one attached hydrogen (secondary N) is 1. The molecule has 1 N–H and O–H groups in total. The number of nitro benzene ring substituents is 1. The molecule has 184 valence electrons. The molecule has 2 aliphatic rings. The Hall–Kier alpha value is -2.96. The van der Waals surface area contributed by atoms with Gasteiger partial charge in [0.2, 0.25) is 15.9 Å². The summed E-state index contributed by atoms with van der Waals surface area (Å²) in [4.78, 5) is 25.5. The monoisotopic (exact) mass is 492 g/mol. The van der Waals surface area contributed by atoms with E-state index in [2.05, 4.69) is 5.32 Å². The Morgan fingerprint density at radius 2 is 1.88 bits per heavy atom. The minimum Gasteiger partial charge on any atom is -0.469 e. The van der Waals surface area contributed by atoms with E-state index < -0.39 is 14.9 Å². The third-order valence-corrected chi connectivity index (χ3v) is 8.10. The Morgan fingerprint density at radius 3 is 2.53 bits per heavy atom. The lowest BCUT2D eigenvalue weighted by Crippen LogP contribution is -2.41. The molecule has 1 amide bonds. The van der Waals surface area contributed by atoms with Crippen molar-refractivity contribution in [1.29, 1.82) is 0 Å². The van der Waals surface area contributed by atoms with Gasteiger partial charge in [-0.25, -0.2) is 8.42 Å². The highest BCUT2D eigenvalue weighted by atomic mass is 32.2. The molecule has 1 aromatic carbocycles. The fraction of sp³-hybridized carbons (Fsp3) is 0.500. The van der Waals surface area contributed by atoms with E-state index in [0.29, 0.717) is 57.8 Å². The van der Waals surface area contributed by atoms with Crippen LogP contribution in [0.15, 0.2) is 45.9 Å². The first kappa shape index (κ1) is 24.2. The number of anilines is 1. The number of nitrogens with zero attached hydrogens (tertiary/aromatic N) is 3. The van der Waals surface area contributed by atoms with E-state index in [1.165, 1.54) is 16.4 Å². The zero-order chi connectivity index (χ0) is 24.1. The smallest absolute Gasteiger partial charge is 0.293 e. The second kappa shape index (κ2) is 10.5. The van der Waals surface area contributed by atoms with E-state index in [4.69, 9.17) is 9.15 Å². The van der Waals surface area contributed by atoms with Crippen LogP contribution in [-0.2, 0) is 26.0 Å². The average Bonchev–Trinajstić information content (AvgIpc) is 3.38. The Bertz CT molecular complexity index is 1110. The minimum absolute atomic E-state index is 0.0346. The lowest BCUT2D eigenvalue weighted by atomic mass is 9.95. The first-order valence-corrected chi connectivity index (χ1v) is 12.7. The average molecular weight is 493 g/mol. The zero-order valence-corrected chi connectivity index (χ0v) is 19.5. The maximum Gasteiger partial charge on any atom is 0.293 e. The fourth-order valence-electron chi connectivity index (χ4n) is 4.30. The molecular weight excluding hydrogens is 464 g/mol. The molecule has 0 saturated carbocycles. The van der Waals surface area contributed by atoms with E-state index >= 15 is 0 Å². The van der Waals surface area contributed by atoms with Gasteiger partial charge in [-0.3, -0.25) is 14.9 Å². The third kappa shape index (κ3) is 5.40. The molecule has 2 aliphatic heterocycles. The van der Waals surface area contributed by atoms with Gasteiger partial charge in [0, 0.05) is 51.1 Å². The van der Waals surface area contributed by atoms with E-state index in [-0.39, 0.29) is 35.5 Å². The van der Waals surface area contributed by atoms with Crippen molar-refractivity contribution in [2.24, 2.45) is 5.92 Å². The summed E-state index contributed by atoms with van der Waals surface area (Å²) >= 11 is 0. The minimum atomic E-state index is -3.84. The molecule has 3 heterocycles. The van der Waals surface area contributed by atoms with Gasteiger partial charge in [-0.05, 0) is 37.1 Å². The predicted octanol–water partition coefficient (Wildman–Crippen LogP) is 1.78. The van der Waals surface area contributed by atoms with Crippen molar-refractivity contribution in [2.75, 3.05) is 50.8 Å². The van der Waals surface area contributed by atoms with Gasteiger partial charge in [-0.15, -0.1) is 0 Å². The van der Waals surface area contributed by atoms with E-state index in [9.17, 15) is 23.3 Å². The highest BCUT2D eigenvalue weighted by Gasteiger charge is 2.32. The van der Waals surface area contributed by atoms with Crippen molar-refractivity contribution in [1.82, 2.24) is 9.62 Å². The number of morpholine rings is 1. The van der Waals surface area contributed by atoms with Gasteiger partial charge in [-0.2, -0.15) is 4.31 Å². The quantitative estimate of drug-likeness (QED) is 0.435. The van der Waals surface area contributed by atoms with Crippen LogP contribution in [0, 0.1) is 16.0 Å². The number of rotatable bonds is 8. The molecule has 2 aromatic rings. The summed E-state index contributed by atoms with van der Waals surface area (Å²) in [7, 11) is -3.84. The van der Waals surface area contributed by atoms with Crippen LogP contribution in [0.25, 0.3) is 0 Å². The van der Waals surface area contributed by atoms with Gasteiger partial charge < -0.3 is 19.4 Å². The van der Waals surface area contributed by atoms with Crippen molar-refractivity contribution < 1.29 is 27.3 Å². The summed E-state index contributed by atoms with van der Waals surface area (Å²) < 4.78 is 37.6. The molecule has 0 spiro atoms. The van der Waals surface area contributed by atoms with Crippen molar-refractivity contribution in [3.63, 3.8) is 0 Å². The zero-order valence-electron chi connectivity index (χ0n) is 18.7. The molecule has 0 aliphatic carbocycles. The van der Waals surface area contributed by atoms with E-state index in [1.54, 1.807) is 12.3 Å². The maximum absolute atomic E-state index is 12.9. The first-order chi connectivity index (χ1) is 16.4. The molecule has 0 radical (unpaired) electrons. The molecule has 11 nitrogen and oxygen atoms in total. The van der Waals surface area contributed by atoms with Gasteiger partial charge >= 0.3 is 0 Å². The SMILES string of the molecule is O=C(NCCc1ccco1)C1CCN(c2ccc(S(=O)(=O)N3CCOCC3)cc2[N+](=O)[O-])CC1. The Labute approximate surface area is 197 Å². The number of hydrogen-bond donors (Lipinski definition) is 1. The van der Waals surface area contributed by atoms with Crippen LogP contribution in [0.2, 0.25) is 0 Å². The molecule has 34 heavy (non-hydrogen) atoms. The number of ether oxygens (including phenoxy) is 1. The number of carbonyl (C=O) groups excluding carboxylic acids is 1. The van der Waals surface area contributed by atoms with Gasteiger partial charge in [0.1, 0.15) is 11.4 Å². The van der Waals surface area contributed by atoms with Crippen LogP contribution in [0.3, 0.4) is 0 Å². The number of hydrogen-bond acceptors (Lipinski definition) is 8. The Kier molecular flexibility index (Phi) is 7.49.